The fourth-order valence-electron chi connectivity index (χ4n) is 1.07. The normalized spacial score (nSPS) is 26.5. The molecule has 0 bridgehead atoms. The molecule has 4 nitrogen and oxygen atoms in total. The van der Waals surface area contributed by atoms with Gasteiger partial charge in [0.15, 0.2) is 0 Å². The van der Waals surface area contributed by atoms with Crippen LogP contribution >= 0.6 is 11.8 Å². The second kappa shape index (κ2) is 4.43. The van der Waals surface area contributed by atoms with Crippen molar-refractivity contribution >= 4 is 28.7 Å². The van der Waals surface area contributed by atoms with Crippen molar-refractivity contribution in [3.05, 3.63) is 0 Å². The lowest BCUT2D eigenvalue weighted by Gasteiger charge is -2.20. The van der Waals surface area contributed by atoms with Crippen LogP contribution in [0.1, 0.15) is 13.8 Å². The van der Waals surface area contributed by atoms with E-state index in [9.17, 15) is 9.00 Å². The minimum absolute atomic E-state index is 0.0134. The molecule has 6 heteroatoms. The zero-order valence-corrected chi connectivity index (χ0v) is 9.23. The van der Waals surface area contributed by atoms with E-state index in [0.717, 1.165) is 0 Å². The predicted octanol–water partition coefficient (Wildman–Crippen LogP) is 0.518. The second-order valence-corrected chi connectivity index (χ2v) is 6.06. The molecule has 1 aliphatic rings. The molecule has 0 radical (unpaired) electrons. The Labute approximate surface area is 84.3 Å². The molecule has 2 atom stereocenters. The van der Waals surface area contributed by atoms with Crippen molar-refractivity contribution in [1.29, 1.82) is 0 Å². The monoisotopic (exact) mass is 223 g/mol. The Bertz CT molecular complexity index is 232. The summed E-state index contributed by atoms with van der Waals surface area (Å²) in [5, 5.41) is 8.81. The van der Waals surface area contributed by atoms with Gasteiger partial charge in [0.1, 0.15) is 6.04 Å². The van der Waals surface area contributed by atoms with Crippen LogP contribution in [-0.2, 0) is 15.8 Å². The van der Waals surface area contributed by atoms with Crippen LogP contribution < -0.4 is 0 Å². The number of carboxylic acid groups (broad SMARTS) is 1. The molecule has 0 spiro atoms. The highest BCUT2D eigenvalue weighted by molar-refractivity contribution is 8.00. The van der Waals surface area contributed by atoms with E-state index in [1.54, 1.807) is 4.31 Å². The van der Waals surface area contributed by atoms with E-state index in [4.69, 9.17) is 5.11 Å². The van der Waals surface area contributed by atoms with Crippen molar-refractivity contribution in [2.24, 2.45) is 0 Å². The lowest BCUT2D eigenvalue weighted by molar-refractivity contribution is -0.140. The average Bonchev–Trinajstić information content (AvgIpc) is 2.50. The van der Waals surface area contributed by atoms with Crippen LogP contribution in [0.2, 0.25) is 0 Å². The van der Waals surface area contributed by atoms with Crippen LogP contribution in [0.4, 0.5) is 0 Å². The molecule has 76 valence electrons. The van der Waals surface area contributed by atoms with Gasteiger partial charge in [0.25, 0.3) is 0 Å². The van der Waals surface area contributed by atoms with Gasteiger partial charge in [-0.1, -0.05) is 0 Å². The molecule has 0 saturated carbocycles. The third kappa shape index (κ3) is 2.45. The van der Waals surface area contributed by atoms with Crippen LogP contribution in [0.25, 0.3) is 0 Å². The Kier molecular flexibility index (Phi) is 3.75. The summed E-state index contributed by atoms with van der Waals surface area (Å²) in [6, 6.07) is -0.576. The van der Waals surface area contributed by atoms with Gasteiger partial charge in [-0.2, -0.15) is 4.31 Å². The van der Waals surface area contributed by atoms with E-state index in [-0.39, 0.29) is 5.25 Å². The highest BCUT2D eigenvalue weighted by atomic mass is 32.2. The predicted molar refractivity (Wildman–Crippen MR) is 53.9 cm³/mol. The van der Waals surface area contributed by atoms with Crippen molar-refractivity contribution in [2.45, 2.75) is 25.1 Å². The molecule has 1 N–H and O–H groups in total. The van der Waals surface area contributed by atoms with Crippen molar-refractivity contribution in [1.82, 2.24) is 4.31 Å². The summed E-state index contributed by atoms with van der Waals surface area (Å²) < 4.78 is 13.2. The molecule has 13 heavy (non-hydrogen) atoms. The molecule has 1 aliphatic heterocycles. The number of hydrogen-bond donors (Lipinski definition) is 1. The van der Waals surface area contributed by atoms with Crippen LogP contribution in [0, 0.1) is 0 Å². The van der Waals surface area contributed by atoms with Crippen molar-refractivity contribution in [3.8, 4) is 0 Å². The lowest BCUT2D eigenvalue weighted by atomic mass is 10.4. The number of nitrogens with zero attached hydrogens (tertiary/aromatic N) is 1. The van der Waals surface area contributed by atoms with Gasteiger partial charge in [-0.15, -0.1) is 11.8 Å². The molecule has 1 rings (SSSR count). The molecule has 1 saturated heterocycles. The Morgan fingerprint density at radius 2 is 2.31 bits per heavy atom. The first kappa shape index (κ1) is 11.0. The van der Waals surface area contributed by atoms with Crippen LogP contribution in [0.15, 0.2) is 0 Å². The molecule has 0 aliphatic carbocycles. The topological polar surface area (TPSA) is 57.6 Å². The molecule has 0 amide bonds. The standard InChI is InChI=1S/C7H13NO3S2/c1-5(2)13(11)8-4-12-3-6(8)7(9)10/h5-6H,3-4H2,1-2H3,(H,9,10). The SMILES string of the molecule is CC(C)S(=O)N1CSCC1C(=O)O. The van der Waals surface area contributed by atoms with E-state index in [0.29, 0.717) is 11.6 Å². The zero-order valence-electron chi connectivity index (χ0n) is 7.60. The van der Waals surface area contributed by atoms with Gasteiger partial charge in [-0.25, -0.2) is 4.21 Å². The molecular formula is C7H13NO3S2. The fraction of sp³-hybridized carbons (Fsp3) is 0.857. The van der Waals surface area contributed by atoms with Crippen molar-refractivity contribution in [3.63, 3.8) is 0 Å². The van der Waals surface area contributed by atoms with E-state index < -0.39 is 23.0 Å². The van der Waals surface area contributed by atoms with Crippen LogP contribution in [0.5, 0.6) is 0 Å². The van der Waals surface area contributed by atoms with Gasteiger partial charge in [-0.3, -0.25) is 4.79 Å². The van der Waals surface area contributed by atoms with E-state index in [2.05, 4.69) is 0 Å². The third-order valence-corrected chi connectivity index (χ3v) is 4.59. The summed E-state index contributed by atoms with van der Waals surface area (Å²) in [5.74, 6) is 0.217. The maximum Gasteiger partial charge on any atom is 0.322 e. The summed E-state index contributed by atoms with van der Waals surface area (Å²) in [6.45, 7) is 3.66. The Morgan fingerprint density at radius 1 is 1.69 bits per heavy atom. The third-order valence-electron chi connectivity index (χ3n) is 1.76. The van der Waals surface area contributed by atoms with Gasteiger partial charge < -0.3 is 5.11 Å². The van der Waals surface area contributed by atoms with E-state index in [1.807, 2.05) is 13.8 Å². The Morgan fingerprint density at radius 3 is 2.77 bits per heavy atom. The smallest absolute Gasteiger partial charge is 0.322 e. The summed E-state index contributed by atoms with van der Waals surface area (Å²) in [6.07, 6.45) is 0. The van der Waals surface area contributed by atoms with Gasteiger partial charge in [0.2, 0.25) is 0 Å². The first-order valence-corrected chi connectivity index (χ1v) is 6.34. The number of carboxylic acids is 1. The number of aliphatic carboxylic acids is 1. The average molecular weight is 223 g/mol. The van der Waals surface area contributed by atoms with Gasteiger partial charge >= 0.3 is 5.97 Å². The van der Waals surface area contributed by atoms with Crippen molar-refractivity contribution in [2.75, 3.05) is 11.6 Å². The molecule has 0 aromatic heterocycles. The van der Waals surface area contributed by atoms with Crippen LogP contribution in [0.3, 0.4) is 0 Å². The van der Waals surface area contributed by atoms with Crippen LogP contribution in [-0.4, -0.2) is 42.5 Å². The maximum atomic E-state index is 11.6. The lowest BCUT2D eigenvalue weighted by Crippen LogP contribution is -2.41. The molecule has 1 fully saturated rings. The Hall–Kier alpha value is -0.0700. The summed E-state index contributed by atoms with van der Waals surface area (Å²) >= 11 is 1.52. The fourth-order valence-corrected chi connectivity index (χ4v) is 3.77. The van der Waals surface area contributed by atoms with Gasteiger partial charge in [0.05, 0.1) is 16.9 Å². The largest absolute Gasteiger partial charge is 0.480 e. The molecule has 2 unspecified atom stereocenters. The Balaban J connectivity index is 2.68. The highest BCUT2D eigenvalue weighted by Crippen LogP contribution is 2.23. The number of carbonyl (C=O) groups is 1. The molecule has 0 aromatic rings. The second-order valence-electron chi connectivity index (χ2n) is 3.10. The molecular weight excluding hydrogens is 210 g/mol. The summed E-state index contributed by atoms with van der Waals surface area (Å²) in [5.41, 5.74) is 0. The summed E-state index contributed by atoms with van der Waals surface area (Å²) in [7, 11) is -1.17. The minimum atomic E-state index is -1.17. The van der Waals surface area contributed by atoms with Crippen molar-refractivity contribution < 1.29 is 14.1 Å². The number of thioether (sulfide) groups is 1. The quantitative estimate of drug-likeness (QED) is 0.757. The number of rotatable bonds is 3. The molecule has 1 heterocycles. The minimum Gasteiger partial charge on any atom is -0.480 e. The maximum absolute atomic E-state index is 11.6. The summed E-state index contributed by atoms with van der Waals surface area (Å²) in [4.78, 5) is 10.7. The van der Waals surface area contributed by atoms with E-state index in [1.165, 1.54) is 11.8 Å². The van der Waals surface area contributed by atoms with E-state index >= 15 is 0 Å². The first-order valence-electron chi connectivity index (χ1n) is 4.02. The number of hydrogen-bond acceptors (Lipinski definition) is 3. The van der Waals surface area contributed by atoms with Gasteiger partial charge in [-0.05, 0) is 13.8 Å². The first-order chi connectivity index (χ1) is 6.04. The molecule has 0 aromatic carbocycles. The zero-order chi connectivity index (χ0) is 10.0. The van der Waals surface area contributed by atoms with Gasteiger partial charge in [0, 0.05) is 11.0 Å². The highest BCUT2D eigenvalue weighted by Gasteiger charge is 2.35.